The Balaban J connectivity index is 1.34. The number of benzene rings is 1. The Bertz CT molecular complexity index is 721. The summed E-state index contributed by atoms with van der Waals surface area (Å²) in [6, 6.07) is 8.93. The van der Waals surface area contributed by atoms with Crippen LogP contribution in [0, 0.1) is 25.7 Å². The highest BCUT2D eigenvalue weighted by atomic mass is 16.3. The van der Waals surface area contributed by atoms with Crippen molar-refractivity contribution in [1.82, 2.24) is 15.1 Å². The number of rotatable bonds is 6. The van der Waals surface area contributed by atoms with Crippen LogP contribution in [0.4, 0.5) is 0 Å². The highest BCUT2D eigenvalue weighted by Crippen LogP contribution is 2.60. The van der Waals surface area contributed by atoms with Gasteiger partial charge in [-0.2, -0.15) is 5.10 Å². The van der Waals surface area contributed by atoms with Crippen molar-refractivity contribution >= 4 is 0 Å². The van der Waals surface area contributed by atoms with Gasteiger partial charge in [-0.15, -0.1) is 0 Å². The van der Waals surface area contributed by atoms with Crippen LogP contribution < -0.4 is 5.32 Å². The fourth-order valence-corrected chi connectivity index (χ4v) is 4.43. The Morgan fingerprint density at radius 1 is 1.30 bits per heavy atom. The van der Waals surface area contributed by atoms with Gasteiger partial charge in [-0.3, -0.25) is 4.68 Å². The Labute approximate surface area is 137 Å². The van der Waals surface area contributed by atoms with Crippen LogP contribution in [0.25, 0.3) is 0 Å². The summed E-state index contributed by atoms with van der Waals surface area (Å²) in [6.45, 7) is 6.83. The smallest absolute Gasteiger partial charge is 0.0644 e. The molecule has 4 nitrogen and oxygen atoms in total. The van der Waals surface area contributed by atoms with E-state index in [-0.39, 0.29) is 6.61 Å². The van der Waals surface area contributed by atoms with Gasteiger partial charge >= 0.3 is 0 Å². The lowest BCUT2D eigenvalue weighted by molar-refractivity contribution is 0.267. The molecular formula is C19H25N3O. The molecule has 1 saturated carbocycles. The molecule has 1 fully saturated rings. The SMILES string of the molecule is Cc1nn(CCO)c(C)c1CNCC1C2Cc3ccccc3C12. The lowest BCUT2D eigenvalue weighted by atomic mass is 10.0. The summed E-state index contributed by atoms with van der Waals surface area (Å²) < 4.78 is 1.91. The molecule has 0 aliphatic heterocycles. The van der Waals surface area contributed by atoms with Crippen LogP contribution in [0.15, 0.2) is 24.3 Å². The summed E-state index contributed by atoms with van der Waals surface area (Å²) in [7, 11) is 0. The second kappa shape index (κ2) is 5.77. The first-order valence-electron chi connectivity index (χ1n) is 8.63. The molecule has 0 saturated heterocycles. The Hall–Kier alpha value is -1.65. The molecule has 4 heteroatoms. The maximum absolute atomic E-state index is 9.10. The number of nitrogens with zero attached hydrogens (tertiary/aromatic N) is 2. The van der Waals surface area contributed by atoms with Gasteiger partial charge in [0.25, 0.3) is 0 Å². The molecule has 0 radical (unpaired) electrons. The van der Waals surface area contributed by atoms with E-state index in [0.29, 0.717) is 6.54 Å². The molecule has 0 amide bonds. The van der Waals surface area contributed by atoms with Crippen molar-refractivity contribution in [1.29, 1.82) is 0 Å². The third kappa shape index (κ3) is 2.50. The molecule has 3 unspecified atom stereocenters. The average Bonchev–Trinajstić information content (AvgIpc) is 2.95. The predicted octanol–water partition coefficient (Wildman–Crippen LogP) is 2.17. The number of nitrogens with one attached hydrogen (secondary N) is 1. The molecule has 3 atom stereocenters. The van der Waals surface area contributed by atoms with E-state index in [1.807, 2.05) is 4.68 Å². The molecule has 4 rings (SSSR count). The van der Waals surface area contributed by atoms with Gasteiger partial charge in [-0.25, -0.2) is 0 Å². The van der Waals surface area contributed by atoms with E-state index in [0.717, 1.165) is 36.5 Å². The van der Waals surface area contributed by atoms with Crippen LogP contribution in [0.2, 0.25) is 0 Å². The Morgan fingerprint density at radius 2 is 2.13 bits per heavy atom. The number of hydrogen-bond acceptors (Lipinski definition) is 3. The lowest BCUT2D eigenvalue weighted by Gasteiger charge is -2.09. The predicted molar refractivity (Wildman–Crippen MR) is 90.4 cm³/mol. The normalized spacial score (nSPS) is 24.6. The lowest BCUT2D eigenvalue weighted by Crippen LogP contribution is -2.19. The fourth-order valence-electron chi connectivity index (χ4n) is 4.43. The molecule has 1 aromatic heterocycles. The van der Waals surface area contributed by atoms with E-state index in [1.165, 1.54) is 17.7 Å². The highest BCUT2D eigenvalue weighted by Gasteiger charge is 2.54. The number of aliphatic hydroxyl groups is 1. The van der Waals surface area contributed by atoms with Crippen LogP contribution >= 0.6 is 0 Å². The summed E-state index contributed by atoms with van der Waals surface area (Å²) in [6.07, 6.45) is 1.26. The maximum Gasteiger partial charge on any atom is 0.0644 e. The average molecular weight is 311 g/mol. The van der Waals surface area contributed by atoms with Gasteiger partial charge in [0.05, 0.1) is 18.8 Å². The molecule has 2 N–H and O–H groups in total. The molecule has 2 aromatic rings. The minimum Gasteiger partial charge on any atom is -0.394 e. The molecule has 2 aliphatic carbocycles. The Kier molecular flexibility index (Phi) is 3.74. The first-order valence-corrected chi connectivity index (χ1v) is 8.63. The molecule has 0 bridgehead atoms. The van der Waals surface area contributed by atoms with Gasteiger partial charge in [-0.05, 0) is 55.7 Å². The summed E-state index contributed by atoms with van der Waals surface area (Å²) in [5, 5.41) is 17.3. The third-order valence-corrected chi connectivity index (χ3v) is 5.73. The van der Waals surface area contributed by atoms with E-state index in [1.54, 1.807) is 11.1 Å². The largest absolute Gasteiger partial charge is 0.394 e. The number of aryl methyl sites for hydroxylation is 1. The molecule has 23 heavy (non-hydrogen) atoms. The third-order valence-electron chi connectivity index (χ3n) is 5.73. The summed E-state index contributed by atoms with van der Waals surface area (Å²) in [4.78, 5) is 0. The number of hydrogen-bond donors (Lipinski definition) is 2. The van der Waals surface area contributed by atoms with E-state index in [9.17, 15) is 0 Å². The van der Waals surface area contributed by atoms with Crippen molar-refractivity contribution in [3.8, 4) is 0 Å². The van der Waals surface area contributed by atoms with Gasteiger partial charge < -0.3 is 10.4 Å². The number of aliphatic hydroxyl groups excluding tert-OH is 1. The highest BCUT2D eigenvalue weighted by molar-refractivity contribution is 5.43. The first-order chi connectivity index (χ1) is 11.2. The summed E-state index contributed by atoms with van der Waals surface area (Å²) >= 11 is 0. The van der Waals surface area contributed by atoms with Crippen molar-refractivity contribution < 1.29 is 5.11 Å². The standard InChI is InChI=1S/C19H25N3O/c1-12-17(13(2)22(21-12)7-8-23)10-20-11-18-16-9-14-5-3-4-6-15(14)19(16)18/h3-6,16,18-20,23H,7-11H2,1-2H3. The van der Waals surface area contributed by atoms with Gasteiger partial charge in [0, 0.05) is 17.8 Å². The van der Waals surface area contributed by atoms with E-state index < -0.39 is 0 Å². The molecule has 0 spiro atoms. The quantitative estimate of drug-likeness (QED) is 0.859. The zero-order chi connectivity index (χ0) is 16.0. The van der Waals surface area contributed by atoms with Crippen molar-refractivity contribution in [2.75, 3.05) is 13.2 Å². The van der Waals surface area contributed by atoms with E-state index >= 15 is 0 Å². The zero-order valence-electron chi connectivity index (χ0n) is 13.9. The summed E-state index contributed by atoms with van der Waals surface area (Å²) in [5.74, 6) is 2.45. The molecular weight excluding hydrogens is 286 g/mol. The molecule has 122 valence electrons. The van der Waals surface area contributed by atoms with Gasteiger partial charge in [0.15, 0.2) is 0 Å². The monoisotopic (exact) mass is 311 g/mol. The zero-order valence-corrected chi connectivity index (χ0v) is 13.9. The minimum absolute atomic E-state index is 0.139. The molecule has 1 heterocycles. The Morgan fingerprint density at radius 3 is 2.96 bits per heavy atom. The molecule has 1 aromatic carbocycles. The van der Waals surface area contributed by atoms with Gasteiger partial charge in [-0.1, -0.05) is 24.3 Å². The van der Waals surface area contributed by atoms with Crippen molar-refractivity contribution in [2.24, 2.45) is 11.8 Å². The second-order valence-electron chi connectivity index (χ2n) is 6.98. The second-order valence-corrected chi connectivity index (χ2v) is 6.98. The van der Waals surface area contributed by atoms with Crippen LogP contribution in [-0.4, -0.2) is 28.0 Å². The van der Waals surface area contributed by atoms with Crippen molar-refractivity contribution in [3.63, 3.8) is 0 Å². The summed E-state index contributed by atoms with van der Waals surface area (Å²) in [5.41, 5.74) is 6.68. The van der Waals surface area contributed by atoms with Crippen molar-refractivity contribution in [2.45, 2.75) is 39.3 Å². The van der Waals surface area contributed by atoms with Crippen LogP contribution in [0.3, 0.4) is 0 Å². The first kappa shape index (κ1) is 14.9. The topological polar surface area (TPSA) is 50.1 Å². The number of fused-ring (bicyclic) bond motifs is 3. The van der Waals surface area contributed by atoms with E-state index in [4.69, 9.17) is 5.11 Å². The fraction of sp³-hybridized carbons (Fsp3) is 0.526. The van der Waals surface area contributed by atoms with Crippen LogP contribution in [0.5, 0.6) is 0 Å². The van der Waals surface area contributed by atoms with E-state index in [2.05, 4.69) is 48.5 Å². The van der Waals surface area contributed by atoms with Gasteiger partial charge in [0.2, 0.25) is 0 Å². The molecule has 2 aliphatic rings. The van der Waals surface area contributed by atoms with Crippen molar-refractivity contribution in [3.05, 3.63) is 52.3 Å². The van der Waals surface area contributed by atoms with Crippen LogP contribution in [0.1, 0.15) is 34.0 Å². The minimum atomic E-state index is 0.139. The van der Waals surface area contributed by atoms with Gasteiger partial charge in [0.1, 0.15) is 0 Å². The maximum atomic E-state index is 9.10. The number of aromatic nitrogens is 2. The van der Waals surface area contributed by atoms with Crippen LogP contribution in [-0.2, 0) is 19.5 Å².